The largest absolute Gasteiger partial charge is 0.458 e. The minimum Gasteiger partial charge on any atom is -0.458 e. The van der Waals surface area contributed by atoms with Gasteiger partial charge in [0.2, 0.25) is 0 Å². The maximum absolute atomic E-state index is 12.5. The van der Waals surface area contributed by atoms with Crippen LogP contribution in [0.2, 0.25) is 0 Å². The molecule has 7 nitrogen and oxygen atoms in total. The summed E-state index contributed by atoms with van der Waals surface area (Å²) in [6, 6.07) is 15.9. The smallest absolute Gasteiger partial charge is 0.306 e. The molecule has 0 saturated carbocycles. The van der Waals surface area contributed by atoms with Crippen LogP contribution in [0.25, 0.3) is 22.5 Å². The van der Waals surface area contributed by atoms with Crippen LogP contribution in [0.4, 0.5) is 5.69 Å². The number of aromatic nitrogens is 2. The number of carbonyl (C=O) groups is 1. The third kappa shape index (κ3) is 6.58. The number of hydrogen-bond acceptors (Lipinski definition) is 7. The summed E-state index contributed by atoms with van der Waals surface area (Å²) in [4.78, 5) is 23.7. The van der Waals surface area contributed by atoms with Crippen molar-refractivity contribution in [2.45, 2.75) is 46.6 Å². The Kier molecular flexibility index (Phi) is 9.69. The second-order valence-corrected chi connectivity index (χ2v) is 10.2. The van der Waals surface area contributed by atoms with E-state index in [9.17, 15) is 10.1 Å². The molecule has 8 heteroatoms. The van der Waals surface area contributed by atoms with Gasteiger partial charge in [-0.05, 0) is 93.9 Å². The number of esters is 1. The molecule has 2 aromatic heterocycles. The van der Waals surface area contributed by atoms with Gasteiger partial charge in [-0.3, -0.25) is 14.8 Å². The summed E-state index contributed by atoms with van der Waals surface area (Å²) >= 11 is 0. The highest BCUT2D eigenvalue weighted by Crippen LogP contribution is 2.40. The molecule has 0 fully saturated rings. The van der Waals surface area contributed by atoms with E-state index in [1.807, 2.05) is 50.3 Å². The summed E-state index contributed by atoms with van der Waals surface area (Å²) < 4.78 is 12.2. The lowest BCUT2D eigenvalue weighted by Crippen LogP contribution is -2.23. The number of allylic oxidation sites excluding steroid dienone is 2. The highest BCUT2D eigenvalue weighted by atomic mass is 31.0. The van der Waals surface area contributed by atoms with Gasteiger partial charge in [-0.15, -0.1) is 9.24 Å². The highest BCUT2D eigenvalue weighted by Gasteiger charge is 2.27. The first-order valence-electron chi connectivity index (χ1n) is 13.6. The van der Waals surface area contributed by atoms with Gasteiger partial charge in [-0.25, -0.2) is 0 Å². The molecule has 4 rings (SSSR count). The van der Waals surface area contributed by atoms with Crippen molar-refractivity contribution in [3.63, 3.8) is 0 Å². The molecule has 0 aliphatic carbocycles. The molecule has 1 aliphatic heterocycles. The first kappa shape index (κ1) is 29.0. The van der Waals surface area contributed by atoms with Crippen LogP contribution in [0.15, 0.2) is 66.7 Å². The van der Waals surface area contributed by atoms with Crippen molar-refractivity contribution in [2.75, 3.05) is 24.2 Å². The van der Waals surface area contributed by atoms with Gasteiger partial charge in [0.15, 0.2) is 0 Å². The molecule has 40 heavy (non-hydrogen) atoms. The molecule has 0 amide bonds. The van der Waals surface area contributed by atoms with Crippen LogP contribution < -0.4 is 9.64 Å². The molecule has 2 atom stereocenters. The highest BCUT2D eigenvalue weighted by molar-refractivity contribution is 7.16. The number of fused-ring (bicyclic) bond motifs is 1. The Morgan fingerprint density at radius 3 is 2.50 bits per heavy atom. The Hall–Kier alpha value is -4.01. The maximum atomic E-state index is 12.5. The van der Waals surface area contributed by atoms with Gasteiger partial charge in [-0.1, -0.05) is 0 Å². The number of benzene rings is 1. The van der Waals surface area contributed by atoms with E-state index >= 15 is 0 Å². The van der Waals surface area contributed by atoms with E-state index in [0.717, 1.165) is 53.8 Å². The Morgan fingerprint density at radius 1 is 1.10 bits per heavy atom. The van der Waals surface area contributed by atoms with Crippen LogP contribution in [-0.4, -0.2) is 41.3 Å². The van der Waals surface area contributed by atoms with E-state index in [4.69, 9.17) is 9.47 Å². The topological polar surface area (TPSA) is 88.3 Å². The van der Waals surface area contributed by atoms with Crippen LogP contribution >= 0.6 is 9.24 Å². The molecule has 0 radical (unpaired) electrons. The molecular formula is C32H35N4O3P. The number of carbonyl (C=O) groups excluding carboxylic acids is 1. The predicted octanol–water partition coefficient (Wildman–Crippen LogP) is 6.60. The van der Waals surface area contributed by atoms with Crippen molar-refractivity contribution in [1.82, 2.24) is 9.97 Å². The van der Waals surface area contributed by atoms with Crippen LogP contribution in [0, 0.1) is 18.3 Å². The van der Waals surface area contributed by atoms with Crippen molar-refractivity contribution in [3.05, 3.63) is 83.4 Å². The van der Waals surface area contributed by atoms with E-state index in [2.05, 4.69) is 50.1 Å². The second-order valence-electron chi connectivity index (χ2n) is 9.58. The zero-order valence-electron chi connectivity index (χ0n) is 23.5. The average Bonchev–Trinajstić information content (AvgIpc) is 2.96. The van der Waals surface area contributed by atoms with Crippen molar-refractivity contribution in [3.8, 4) is 23.2 Å². The number of rotatable bonds is 10. The Balaban J connectivity index is 1.81. The van der Waals surface area contributed by atoms with E-state index in [0.29, 0.717) is 34.8 Å². The molecular weight excluding hydrogens is 519 g/mol. The minimum absolute atomic E-state index is 0.251. The van der Waals surface area contributed by atoms with E-state index in [1.165, 1.54) is 0 Å². The van der Waals surface area contributed by atoms with E-state index in [-0.39, 0.29) is 5.97 Å². The van der Waals surface area contributed by atoms with Gasteiger partial charge in [0.1, 0.15) is 29.3 Å². The quantitative estimate of drug-likeness (QED) is 0.159. The lowest BCUT2D eigenvalue weighted by Gasteiger charge is -2.28. The van der Waals surface area contributed by atoms with Gasteiger partial charge in [-0.2, -0.15) is 5.26 Å². The van der Waals surface area contributed by atoms with Crippen LogP contribution in [-0.2, 0) is 9.53 Å². The molecule has 1 aliphatic rings. The third-order valence-corrected chi connectivity index (χ3v) is 7.24. The lowest BCUT2D eigenvalue weighted by molar-refractivity contribution is -0.145. The third-order valence-electron chi connectivity index (χ3n) is 6.83. The number of nitriles is 1. The summed E-state index contributed by atoms with van der Waals surface area (Å²) in [6.45, 7) is 9.76. The van der Waals surface area contributed by atoms with Crippen molar-refractivity contribution >= 4 is 32.0 Å². The number of anilines is 1. The monoisotopic (exact) mass is 554 g/mol. The fourth-order valence-corrected chi connectivity index (χ4v) is 4.88. The zero-order chi connectivity index (χ0) is 28.6. The molecule has 3 heterocycles. The summed E-state index contributed by atoms with van der Waals surface area (Å²) in [7, 11) is 2.63. The normalized spacial score (nSPS) is 14.2. The Bertz CT molecular complexity index is 1490. The van der Waals surface area contributed by atoms with Crippen molar-refractivity contribution in [2.24, 2.45) is 0 Å². The van der Waals surface area contributed by atoms with Gasteiger partial charge in [0.05, 0.1) is 11.4 Å². The summed E-state index contributed by atoms with van der Waals surface area (Å²) in [6.07, 6.45) is 6.63. The number of pyridine rings is 2. The van der Waals surface area contributed by atoms with Gasteiger partial charge in [0, 0.05) is 54.8 Å². The first-order chi connectivity index (χ1) is 19.4. The Labute approximate surface area is 238 Å². The molecule has 2 unspecified atom stereocenters. The van der Waals surface area contributed by atoms with Crippen LogP contribution in [0.3, 0.4) is 0 Å². The second kappa shape index (κ2) is 13.4. The SMILES string of the molecule is CCN(CC)c1ccc2c(c1)O/C(=C(/C#N)c1ccnc(-c3cc(C)ccn3)c1)C=C2C(C)OC(=O)CCCP. The Morgan fingerprint density at radius 2 is 1.82 bits per heavy atom. The summed E-state index contributed by atoms with van der Waals surface area (Å²) in [5.41, 5.74) is 6.11. The van der Waals surface area contributed by atoms with Gasteiger partial charge >= 0.3 is 5.97 Å². The molecule has 0 spiro atoms. The summed E-state index contributed by atoms with van der Waals surface area (Å²) in [5.74, 6) is 0.759. The van der Waals surface area contributed by atoms with Gasteiger partial charge in [0.25, 0.3) is 0 Å². The van der Waals surface area contributed by atoms with Crippen molar-refractivity contribution < 1.29 is 14.3 Å². The maximum Gasteiger partial charge on any atom is 0.306 e. The van der Waals surface area contributed by atoms with Crippen molar-refractivity contribution in [1.29, 1.82) is 5.26 Å². The standard InChI is InChI=1S/C32H35N4O3P/c1-5-36(6-2)24-9-10-25-26(22(4)38-32(37)8-7-15-40)19-31(39-30(25)18-24)27(20-33)23-12-14-35-29(17-23)28-16-21(3)11-13-34-28/h9-14,16-19,22H,5-8,15,40H2,1-4H3/b31-27-. The predicted molar refractivity (Wildman–Crippen MR) is 163 cm³/mol. The van der Waals surface area contributed by atoms with Crippen LogP contribution in [0.1, 0.15) is 50.3 Å². The van der Waals surface area contributed by atoms with E-state index < -0.39 is 6.10 Å². The molecule has 3 aromatic rings. The zero-order valence-corrected chi connectivity index (χ0v) is 24.6. The van der Waals surface area contributed by atoms with Gasteiger partial charge < -0.3 is 14.4 Å². The molecule has 1 aromatic carbocycles. The number of nitrogens with zero attached hydrogens (tertiary/aromatic N) is 4. The number of ether oxygens (including phenoxy) is 2. The number of hydrogen-bond donors (Lipinski definition) is 0. The van der Waals surface area contributed by atoms with Crippen LogP contribution in [0.5, 0.6) is 5.75 Å². The van der Waals surface area contributed by atoms with E-state index in [1.54, 1.807) is 18.5 Å². The molecule has 206 valence electrons. The lowest BCUT2D eigenvalue weighted by atomic mass is 9.94. The minimum atomic E-state index is -0.529. The fourth-order valence-electron chi connectivity index (χ4n) is 4.68. The molecule has 0 bridgehead atoms. The number of aryl methyl sites for hydroxylation is 1. The molecule has 0 N–H and O–H groups in total. The fraction of sp³-hybridized carbons (Fsp3) is 0.312. The summed E-state index contributed by atoms with van der Waals surface area (Å²) in [5, 5.41) is 10.3. The molecule has 0 saturated heterocycles. The first-order valence-corrected chi connectivity index (χ1v) is 14.4. The average molecular weight is 555 g/mol.